The lowest BCUT2D eigenvalue weighted by Gasteiger charge is -2.12. The first kappa shape index (κ1) is 18.2. The second-order valence-corrected chi connectivity index (χ2v) is 7.51. The summed E-state index contributed by atoms with van der Waals surface area (Å²) in [6, 6.07) is 21.2. The van der Waals surface area contributed by atoms with Crippen LogP contribution in [0.2, 0.25) is 0 Å². The number of allylic oxidation sites excluding steroid dienone is 1. The smallest absolute Gasteiger partial charge is 0.137 e. The normalized spacial score (nSPS) is 11.7. The molecule has 3 aromatic heterocycles. The molecule has 5 aromatic rings. The zero-order valence-electron chi connectivity index (χ0n) is 17.2. The quantitative estimate of drug-likeness (QED) is 0.327. The molecule has 0 aliphatic carbocycles. The molecular weight excluding hydrogens is 366 g/mol. The fourth-order valence-electron chi connectivity index (χ4n) is 4.21. The van der Waals surface area contributed by atoms with Gasteiger partial charge in [-0.2, -0.15) is 0 Å². The number of hydrogen-bond donors (Lipinski definition) is 0. The lowest BCUT2D eigenvalue weighted by atomic mass is 10.1. The third kappa shape index (κ3) is 2.87. The van der Waals surface area contributed by atoms with Crippen LogP contribution >= 0.6 is 0 Å². The van der Waals surface area contributed by atoms with Crippen molar-refractivity contribution in [3.63, 3.8) is 0 Å². The standard InChI is InChI=1S/C27H23N3/c1-4-10-25-22(5-2)23-11-6-7-12-26(23)30(25)21-16-19(3)15-20(17-21)24-18-29-14-9-8-13-27(29)28-24/h4-18H,2H2,1,3H3/b10-4-. The molecule has 5 rings (SSSR count). The largest absolute Gasteiger partial charge is 0.309 e. The van der Waals surface area contributed by atoms with Gasteiger partial charge in [0.15, 0.2) is 0 Å². The Labute approximate surface area is 176 Å². The molecule has 0 amide bonds. The second kappa shape index (κ2) is 7.20. The fourth-order valence-corrected chi connectivity index (χ4v) is 4.21. The van der Waals surface area contributed by atoms with Gasteiger partial charge in [0.05, 0.1) is 16.9 Å². The first-order chi connectivity index (χ1) is 14.7. The van der Waals surface area contributed by atoms with Gasteiger partial charge in [-0.1, -0.05) is 43.0 Å². The van der Waals surface area contributed by atoms with Crippen molar-refractivity contribution in [3.05, 3.63) is 103 Å². The number of aromatic nitrogens is 3. The average Bonchev–Trinajstić information content (AvgIpc) is 3.32. The molecule has 30 heavy (non-hydrogen) atoms. The number of pyridine rings is 1. The lowest BCUT2D eigenvalue weighted by Crippen LogP contribution is -1.98. The van der Waals surface area contributed by atoms with Crippen molar-refractivity contribution in [1.82, 2.24) is 14.0 Å². The van der Waals surface area contributed by atoms with E-state index < -0.39 is 0 Å². The number of hydrogen-bond acceptors (Lipinski definition) is 1. The molecule has 0 spiro atoms. The summed E-state index contributed by atoms with van der Waals surface area (Å²) < 4.78 is 4.38. The summed E-state index contributed by atoms with van der Waals surface area (Å²) in [5.41, 5.74) is 8.82. The van der Waals surface area contributed by atoms with Crippen LogP contribution in [0.1, 0.15) is 23.7 Å². The van der Waals surface area contributed by atoms with Gasteiger partial charge in [0.2, 0.25) is 0 Å². The predicted octanol–water partition coefficient (Wildman–Crippen LogP) is 6.93. The molecule has 0 radical (unpaired) electrons. The maximum atomic E-state index is 4.82. The number of rotatable bonds is 4. The van der Waals surface area contributed by atoms with Gasteiger partial charge in [-0.05, 0) is 61.9 Å². The SMILES string of the molecule is C=Cc1c(/C=C\C)n(-c2cc(C)cc(-c3cn4ccccc4n3)c2)c2ccccc12. The van der Waals surface area contributed by atoms with Crippen molar-refractivity contribution in [2.24, 2.45) is 0 Å². The Kier molecular flexibility index (Phi) is 4.36. The summed E-state index contributed by atoms with van der Waals surface area (Å²) >= 11 is 0. The van der Waals surface area contributed by atoms with Gasteiger partial charge >= 0.3 is 0 Å². The molecular formula is C27H23N3. The highest BCUT2D eigenvalue weighted by molar-refractivity contribution is 5.95. The van der Waals surface area contributed by atoms with E-state index in [-0.39, 0.29) is 0 Å². The molecule has 0 fully saturated rings. The van der Waals surface area contributed by atoms with Crippen molar-refractivity contribution in [2.75, 3.05) is 0 Å². The van der Waals surface area contributed by atoms with Crippen LogP contribution < -0.4 is 0 Å². The van der Waals surface area contributed by atoms with Gasteiger partial charge in [-0.15, -0.1) is 0 Å². The van der Waals surface area contributed by atoms with E-state index >= 15 is 0 Å². The number of nitrogens with zero attached hydrogens (tertiary/aromatic N) is 3. The van der Waals surface area contributed by atoms with E-state index in [9.17, 15) is 0 Å². The zero-order valence-corrected chi connectivity index (χ0v) is 17.2. The molecule has 0 unspecified atom stereocenters. The summed E-state index contributed by atoms with van der Waals surface area (Å²) in [5, 5.41) is 1.20. The average molecular weight is 390 g/mol. The third-order valence-electron chi connectivity index (χ3n) is 5.46. The van der Waals surface area contributed by atoms with Crippen LogP contribution in [0.4, 0.5) is 0 Å². The maximum Gasteiger partial charge on any atom is 0.137 e. The van der Waals surface area contributed by atoms with Crippen LogP contribution in [-0.4, -0.2) is 14.0 Å². The molecule has 0 saturated carbocycles. The minimum absolute atomic E-state index is 0.950. The monoisotopic (exact) mass is 389 g/mol. The minimum Gasteiger partial charge on any atom is -0.309 e. The summed E-state index contributed by atoms with van der Waals surface area (Å²) in [5.74, 6) is 0. The Balaban J connectivity index is 1.79. The summed E-state index contributed by atoms with van der Waals surface area (Å²) in [4.78, 5) is 4.82. The summed E-state index contributed by atoms with van der Waals surface area (Å²) in [6.45, 7) is 8.26. The highest BCUT2D eigenvalue weighted by atomic mass is 15.0. The van der Waals surface area contributed by atoms with Crippen molar-refractivity contribution in [1.29, 1.82) is 0 Å². The Morgan fingerprint density at radius 3 is 2.63 bits per heavy atom. The fraction of sp³-hybridized carbons (Fsp3) is 0.0741. The Bertz CT molecular complexity index is 1400. The van der Waals surface area contributed by atoms with Crippen LogP contribution in [0, 0.1) is 6.92 Å². The Morgan fingerprint density at radius 1 is 1.00 bits per heavy atom. The highest BCUT2D eigenvalue weighted by Gasteiger charge is 2.16. The predicted molar refractivity (Wildman–Crippen MR) is 127 cm³/mol. The van der Waals surface area contributed by atoms with Crippen LogP contribution in [0.3, 0.4) is 0 Å². The molecule has 3 nitrogen and oxygen atoms in total. The van der Waals surface area contributed by atoms with Gasteiger partial charge in [-0.3, -0.25) is 0 Å². The topological polar surface area (TPSA) is 22.2 Å². The first-order valence-corrected chi connectivity index (χ1v) is 10.1. The maximum absolute atomic E-state index is 4.82. The molecule has 2 aromatic carbocycles. The Morgan fingerprint density at radius 2 is 1.83 bits per heavy atom. The first-order valence-electron chi connectivity index (χ1n) is 10.1. The van der Waals surface area contributed by atoms with Crippen LogP contribution in [0.5, 0.6) is 0 Å². The van der Waals surface area contributed by atoms with Gasteiger partial charge in [0.25, 0.3) is 0 Å². The van der Waals surface area contributed by atoms with Crippen LogP contribution in [-0.2, 0) is 0 Å². The molecule has 3 heteroatoms. The lowest BCUT2D eigenvalue weighted by molar-refractivity contribution is 1.10. The van der Waals surface area contributed by atoms with E-state index in [4.69, 9.17) is 4.98 Å². The zero-order chi connectivity index (χ0) is 20.7. The van der Waals surface area contributed by atoms with Gasteiger partial charge in [0, 0.05) is 34.6 Å². The number of fused-ring (bicyclic) bond motifs is 2. The van der Waals surface area contributed by atoms with E-state index in [0.717, 1.165) is 33.8 Å². The number of aryl methyl sites for hydroxylation is 1. The van der Waals surface area contributed by atoms with Crippen LogP contribution in [0.15, 0.2) is 85.7 Å². The van der Waals surface area contributed by atoms with Crippen molar-refractivity contribution in [2.45, 2.75) is 13.8 Å². The third-order valence-corrected chi connectivity index (χ3v) is 5.46. The molecule has 0 atom stereocenters. The molecule has 0 aliphatic rings. The highest BCUT2D eigenvalue weighted by Crippen LogP contribution is 2.33. The summed E-state index contributed by atoms with van der Waals surface area (Å²) in [7, 11) is 0. The van der Waals surface area contributed by atoms with E-state index in [2.05, 4.69) is 83.3 Å². The van der Waals surface area contributed by atoms with E-state index in [1.165, 1.54) is 16.5 Å². The van der Waals surface area contributed by atoms with E-state index in [1.54, 1.807) is 0 Å². The van der Waals surface area contributed by atoms with Crippen molar-refractivity contribution in [3.8, 4) is 16.9 Å². The summed E-state index contributed by atoms with van der Waals surface area (Å²) in [6.07, 6.45) is 10.3. The van der Waals surface area contributed by atoms with E-state index in [0.29, 0.717) is 0 Å². The number of benzene rings is 2. The van der Waals surface area contributed by atoms with Gasteiger partial charge in [-0.25, -0.2) is 4.98 Å². The van der Waals surface area contributed by atoms with Crippen LogP contribution in [0.25, 0.3) is 45.6 Å². The van der Waals surface area contributed by atoms with Gasteiger partial charge in [0.1, 0.15) is 5.65 Å². The molecule has 146 valence electrons. The van der Waals surface area contributed by atoms with Crippen molar-refractivity contribution >= 4 is 28.7 Å². The number of para-hydroxylation sites is 1. The van der Waals surface area contributed by atoms with Gasteiger partial charge < -0.3 is 8.97 Å². The molecule has 0 bridgehead atoms. The molecule has 0 N–H and O–H groups in total. The minimum atomic E-state index is 0.950. The second-order valence-electron chi connectivity index (χ2n) is 7.51. The van der Waals surface area contributed by atoms with E-state index in [1.807, 2.05) is 37.4 Å². The molecule has 0 aliphatic heterocycles. The molecule has 0 saturated heterocycles. The van der Waals surface area contributed by atoms with Crippen molar-refractivity contribution < 1.29 is 0 Å². The number of imidazole rings is 1. The molecule has 3 heterocycles. The Hall–Kier alpha value is -3.85.